The highest BCUT2D eigenvalue weighted by Gasteiger charge is 2.02. The fourth-order valence-corrected chi connectivity index (χ4v) is 2.02. The Morgan fingerprint density at radius 1 is 1.45 bits per heavy atom. The molecule has 0 N–H and O–H groups in total. The van der Waals surface area contributed by atoms with E-state index in [-0.39, 0.29) is 0 Å². The van der Waals surface area contributed by atoms with Gasteiger partial charge in [0.15, 0.2) is 0 Å². The highest BCUT2D eigenvalue weighted by molar-refractivity contribution is 14.1. The van der Waals surface area contributed by atoms with Crippen molar-refractivity contribution in [1.29, 1.82) is 0 Å². The van der Waals surface area contributed by atoms with Gasteiger partial charge in [-0.05, 0) is 35.1 Å². The van der Waals surface area contributed by atoms with E-state index < -0.39 is 0 Å². The van der Waals surface area contributed by atoms with E-state index in [2.05, 4.69) is 22.6 Å². The Labute approximate surface area is 81.7 Å². The van der Waals surface area contributed by atoms with Crippen LogP contribution in [0, 0.1) is 10.5 Å². The zero-order chi connectivity index (χ0) is 8.43. The monoisotopic (exact) mass is 258 g/mol. The lowest BCUT2D eigenvalue weighted by Crippen LogP contribution is -2.05. The van der Waals surface area contributed by atoms with Gasteiger partial charge in [0.2, 0.25) is 0 Å². The van der Waals surface area contributed by atoms with Gasteiger partial charge >= 0.3 is 0 Å². The summed E-state index contributed by atoms with van der Waals surface area (Å²) in [6, 6.07) is 3.80. The van der Waals surface area contributed by atoms with Gasteiger partial charge in [-0.1, -0.05) is 17.6 Å². The molecule has 11 heavy (non-hydrogen) atoms. The Morgan fingerprint density at radius 3 is 2.55 bits per heavy atom. The van der Waals surface area contributed by atoms with Crippen LogP contribution in [0.3, 0.4) is 0 Å². The Kier molecular flexibility index (Phi) is 2.81. The Morgan fingerprint density at radius 2 is 2.09 bits per heavy atom. The quantitative estimate of drug-likeness (QED) is 0.546. The number of halogens is 1. The summed E-state index contributed by atoms with van der Waals surface area (Å²) in [4.78, 5) is 0. The van der Waals surface area contributed by atoms with Gasteiger partial charge in [-0.25, -0.2) is 0 Å². The molecule has 0 spiro atoms. The van der Waals surface area contributed by atoms with Crippen LogP contribution in [0.25, 0.3) is 0 Å². The van der Waals surface area contributed by atoms with Gasteiger partial charge in [-0.15, -0.1) is 0 Å². The zero-order valence-corrected chi connectivity index (χ0v) is 8.68. The first-order valence-corrected chi connectivity index (χ1v) is 4.32. The Bertz CT molecular complexity index is 250. The average Bonchev–Trinajstić information content (AvgIpc) is 1.85. The van der Waals surface area contributed by atoms with Crippen molar-refractivity contribution >= 4 is 35.9 Å². The molecule has 56 valence electrons. The molecule has 0 saturated carbocycles. The van der Waals surface area contributed by atoms with Crippen LogP contribution in [0.2, 0.25) is 0 Å². The van der Waals surface area contributed by atoms with Crippen LogP contribution < -0.4 is 10.2 Å². The SMILES string of the molecule is [B]c1cc(C)c(OC)c(I)c1. The fraction of sp³-hybridized carbons (Fsp3) is 0.250. The van der Waals surface area contributed by atoms with E-state index in [0.29, 0.717) is 0 Å². The summed E-state index contributed by atoms with van der Waals surface area (Å²) in [6.45, 7) is 1.98. The predicted molar refractivity (Wildman–Crippen MR) is 55.8 cm³/mol. The van der Waals surface area contributed by atoms with Crippen LogP contribution in [0.15, 0.2) is 12.1 Å². The molecule has 1 aromatic carbocycles. The van der Waals surface area contributed by atoms with Crippen LogP contribution in [0.1, 0.15) is 5.56 Å². The molecule has 0 atom stereocenters. The lowest BCUT2D eigenvalue weighted by Gasteiger charge is -2.07. The number of benzene rings is 1. The molecule has 1 nitrogen and oxygen atoms in total. The molecule has 0 heterocycles. The summed E-state index contributed by atoms with van der Waals surface area (Å²) in [5.41, 5.74) is 1.87. The van der Waals surface area contributed by atoms with Crippen LogP contribution in [-0.2, 0) is 0 Å². The number of ether oxygens (including phenoxy) is 1. The van der Waals surface area contributed by atoms with Gasteiger partial charge in [0, 0.05) is 0 Å². The topological polar surface area (TPSA) is 9.23 Å². The molecule has 1 rings (SSSR count). The summed E-state index contributed by atoms with van der Waals surface area (Å²) in [5, 5.41) is 0. The molecule has 2 radical (unpaired) electrons. The first-order chi connectivity index (χ1) is 5.15. The number of methoxy groups -OCH3 is 1. The second kappa shape index (κ2) is 3.47. The molecule has 1 aromatic rings. The smallest absolute Gasteiger partial charge is 0.135 e. The third-order valence-electron chi connectivity index (χ3n) is 1.46. The normalized spacial score (nSPS) is 9.73. The van der Waals surface area contributed by atoms with E-state index >= 15 is 0 Å². The van der Waals surface area contributed by atoms with Crippen molar-refractivity contribution in [3.05, 3.63) is 21.3 Å². The second-order valence-electron chi connectivity index (χ2n) is 2.35. The molecule has 0 amide bonds. The number of rotatable bonds is 1. The van der Waals surface area contributed by atoms with Crippen molar-refractivity contribution in [3.63, 3.8) is 0 Å². The van der Waals surface area contributed by atoms with E-state index in [1.807, 2.05) is 19.1 Å². The third-order valence-corrected chi connectivity index (χ3v) is 2.26. The first kappa shape index (κ1) is 8.91. The summed E-state index contributed by atoms with van der Waals surface area (Å²) in [7, 11) is 7.29. The van der Waals surface area contributed by atoms with Crippen LogP contribution in [0.4, 0.5) is 0 Å². The molecular weight excluding hydrogens is 250 g/mol. The molecule has 0 unspecified atom stereocenters. The van der Waals surface area contributed by atoms with Gasteiger partial charge in [0.1, 0.15) is 13.6 Å². The zero-order valence-electron chi connectivity index (χ0n) is 6.52. The van der Waals surface area contributed by atoms with Crippen LogP contribution >= 0.6 is 22.6 Å². The number of aryl methyl sites for hydroxylation is 1. The lowest BCUT2D eigenvalue weighted by molar-refractivity contribution is 0.409. The van der Waals surface area contributed by atoms with Crippen molar-refractivity contribution in [1.82, 2.24) is 0 Å². The maximum absolute atomic E-state index is 5.62. The van der Waals surface area contributed by atoms with E-state index in [4.69, 9.17) is 12.6 Å². The maximum Gasteiger partial charge on any atom is 0.135 e. The Hall–Kier alpha value is -0.185. The minimum absolute atomic E-state index is 0.785. The lowest BCUT2D eigenvalue weighted by atomic mass is 9.94. The van der Waals surface area contributed by atoms with E-state index in [9.17, 15) is 0 Å². The predicted octanol–water partition coefficient (Wildman–Crippen LogP) is 1.40. The minimum atomic E-state index is 0.785. The van der Waals surface area contributed by atoms with Crippen molar-refractivity contribution < 1.29 is 4.74 Å². The molecule has 0 aromatic heterocycles. The average molecular weight is 258 g/mol. The summed E-state index contributed by atoms with van der Waals surface area (Å²) in [6.07, 6.45) is 0. The van der Waals surface area contributed by atoms with Crippen molar-refractivity contribution in [2.24, 2.45) is 0 Å². The highest BCUT2D eigenvalue weighted by Crippen LogP contribution is 2.22. The van der Waals surface area contributed by atoms with Gasteiger partial charge < -0.3 is 4.74 Å². The van der Waals surface area contributed by atoms with E-state index in [1.54, 1.807) is 7.11 Å². The maximum atomic E-state index is 5.62. The van der Waals surface area contributed by atoms with Gasteiger partial charge in [0.25, 0.3) is 0 Å². The van der Waals surface area contributed by atoms with Crippen molar-refractivity contribution in [2.75, 3.05) is 7.11 Å². The van der Waals surface area contributed by atoms with Gasteiger partial charge in [-0.3, -0.25) is 0 Å². The first-order valence-electron chi connectivity index (χ1n) is 3.24. The highest BCUT2D eigenvalue weighted by atomic mass is 127. The fourth-order valence-electron chi connectivity index (χ4n) is 1.02. The van der Waals surface area contributed by atoms with E-state index in [0.717, 1.165) is 20.3 Å². The van der Waals surface area contributed by atoms with Crippen LogP contribution in [0.5, 0.6) is 5.75 Å². The molecule has 0 saturated heterocycles. The summed E-state index contributed by atoms with van der Waals surface area (Å²) in [5.74, 6) is 0.916. The Balaban J connectivity index is 3.25. The number of hydrogen-bond donors (Lipinski definition) is 0. The second-order valence-corrected chi connectivity index (χ2v) is 3.52. The standard InChI is InChI=1S/C8H8BIO/c1-5-3-6(9)4-7(10)8(5)11-2/h3-4H,1-2H3. The van der Waals surface area contributed by atoms with Crippen LogP contribution in [-0.4, -0.2) is 15.0 Å². The number of hydrogen-bond acceptors (Lipinski definition) is 1. The van der Waals surface area contributed by atoms with Crippen molar-refractivity contribution in [3.8, 4) is 5.75 Å². The molecule has 0 bridgehead atoms. The van der Waals surface area contributed by atoms with Gasteiger partial charge in [0.05, 0.1) is 10.7 Å². The molecule has 0 aliphatic carbocycles. The molecule has 0 aliphatic heterocycles. The van der Waals surface area contributed by atoms with E-state index in [1.165, 1.54) is 0 Å². The third kappa shape index (κ3) is 1.89. The largest absolute Gasteiger partial charge is 0.495 e. The van der Waals surface area contributed by atoms with Gasteiger partial charge in [-0.2, -0.15) is 0 Å². The summed E-state index contributed by atoms with van der Waals surface area (Å²) < 4.78 is 6.23. The van der Waals surface area contributed by atoms with Crippen molar-refractivity contribution in [2.45, 2.75) is 6.92 Å². The molecule has 0 fully saturated rings. The minimum Gasteiger partial charge on any atom is -0.495 e. The summed E-state index contributed by atoms with van der Waals surface area (Å²) >= 11 is 2.21. The molecule has 3 heteroatoms. The molecule has 0 aliphatic rings. The molecular formula is C8H8BIO.